The summed E-state index contributed by atoms with van der Waals surface area (Å²) in [5, 5.41) is 13.2. The molecule has 0 aromatic heterocycles. The lowest BCUT2D eigenvalue weighted by Gasteiger charge is -2.26. The fourth-order valence-electron chi connectivity index (χ4n) is 1.92. The minimum Gasteiger partial charge on any atom is -0.502 e. The van der Waals surface area contributed by atoms with Gasteiger partial charge in [-0.15, -0.1) is 0 Å². The van der Waals surface area contributed by atoms with Gasteiger partial charge in [-0.25, -0.2) is 0 Å². The number of phenolic OH excluding ortho intramolecular Hbond substituents is 1. The number of hydrogen-bond donors (Lipinski definition) is 2. The van der Waals surface area contributed by atoms with E-state index in [0.717, 1.165) is 12.1 Å². The lowest BCUT2D eigenvalue weighted by atomic mass is 9.93. The van der Waals surface area contributed by atoms with E-state index in [1.807, 2.05) is 12.1 Å². The smallest absolute Gasteiger partial charge is 0.200 e. The molecule has 1 aromatic rings. The lowest BCUT2D eigenvalue weighted by Crippen LogP contribution is -2.34. The van der Waals surface area contributed by atoms with Gasteiger partial charge in [0.1, 0.15) is 0 Å². The Bertz CT molecular complexity index is 363. The molecule has 17 heavy (non-hydrogen) atoms. The maximum atomic E-state index is 9.78. The molecule has 2 N–H and O–H groups in total. The summed E-state index contributed by atoms with van der Waals surface area (Å²) < 4.78 is 10.2. The molecule has 0 heterocycles. The zero-order chi connectivity index (χ0) is 12.3. The summed E-state index contributed by atoms with van der Waals surface area (Å²) in [5.41, 5.74) is 1.06. The predicted octanol–water partition coefficient (Wildman–Crippen LogP) is 2.05. The van der Waals surface area contributed by atoms with Crippen molar-refractivity contribution in [2.75, 3.05) is 14.2 Å². The van der Waals surface area contributed by atoms with Crippen LogP contribution < -0.4 is 14.8 Å². The van der Waals surface area contributed by atoms with Gasteiger partial charge in [-0.2, -0.15) is 0 Å². The minimum atomic E-state index is 0.0578. The van der Waals surface area contributed by atoms with E-state index in [-0.39, 0.29) is 5.75 Å². The van der Waals surface area contributed by atoms with E-state index in [0.29, 0.717) is 17.5 Å². The van der Waals surface area contributed by atoms with Gasteiger partial charge in [0.2, 0.25) is 5.75 Å². The first-order chi connectivity index (χ1) is 8.24. The Morgan fingerprint density at radius 2 is 1.82 bits per heavy atom. The Morgan fingerprint density at radius 3 is 2.24 bits per heavy atom. The monoisotopic (exact) mass is 237 g/mol. The van der Waals surface area contributed by atoms with Gasteiger partial charge in [-0.1, -0.05) is 6.42 Å². The number of aromatic hydroxyl groups is 1. The Hall–Kier alpha value is -1.42. The van der Waals surface area contributed by atoms with Crippen molar-refractivity contribution in [1.29, 1.82) is 0 Å². The highest BCUT2D eigenvalue weighted by Crippen LogP contribution is 2.37. The van der Waals surface area contributed by atoms with Crippen molar-refractivity contribution in [3.63, 3.8) is 0 Å². The second-order valence-corrected chi connectivity index (χ2v) is 4.36. The van der Waals surface area contributed by atoms with Gasteiger partial charge in [0.25, 0.3) is 0 Å². The van der Waals surface area contributed by atoms with Crippen molar-refractivity contribution in [3.05, 3.63) is 17.7 Å². The number of methoxy groups -OCH3 is 2. The van der Waals surface area contributed by atoms with Crippen molar-refractivity contribution in [1.82, 2.24) is 5.32 Å². The van der Waals surface area contributed by atoms with Crippen LogP contribution in [0.3, 0.4) is 0 Å². The number of nitrogens with one attached hydrogen (secondary N) is 1. The minimum absolute atomic E-state index is 0.0578. The molecule has 0 bridgehead atoms. The fraction of sp³-hybridized carbons (Fsp3) is 0.538. The molecule has 0 spiro atoms. The van der Waals surface area contributed by atoms with Crippen LogP contribution in [0.4, 0.5) is 0 Å². The molecule has 1 saturated carbocycles. The molecular weight excluding hydrogens is 218 g/mol. The second kappa shape index (κ2) is 5.27. The van der Waals surface area contributed by atoms with Crippen LogP contribution in [0.2, 0.25) is 0 Å². The van der Waals surface area contributed by atoms with Crippen LogP contribution in [0.1, 0.15) is 24.8 Å². The summed E-state index contributed by atoms with van der Waals surface area (Å²) in [6, 6.07) is 4.31. The molecule has 0 unspecified atom stereocenters. The summed E-state index contributed by atoms with van der Waals surface area (Å²) in [6.07, 6.45) is 3.83. The quantitative estimate of drug-likeness (QED) is 0.823. The van der Waals surface area contributed by atoms with E-state index in [1.165, 1.54) is 33.5 Å². The van der Waals surface area contributed by atoms with Gasteiger partial charge in [0.15, 0.2) is 11.5 Å². The van der Waals surface area contributed by atoms with Crippen LogP contribution in [0.15, 0.2) is 12.1 Å². The zero-order valence-electron chi connectivity index (χ0n) is 10.3. The third-order valence-electron chi connectivity index (χ3n) is 3.24. The molecule has 1 aliphatic carbocycles. The molecule has 0 saturated heterocycles. The first-order valence-electron chi connectivity index (χ1n) is 5.92. The fourth-order valence-corrected chi connectivity index (χ4v) is 1.92. The lowest BCUT2D eigenvalue weighted by molar-refractivity contribution is 0.331. The van der Waals surface area contributed by atoms with E-state index in [4.69, 9.17) is 9.47 Å². The molecule has 1 fully saturated rings. The van der Waals surface area contributed by atoms with Crippen LogP contribution >= 0.6 is 0 Å². The van der Waals surface area contributed by atoms with Crippen molar-refractivity contribution in [3.8, 4) is 17.2 Å². The third-order valence-corrected chi connectivity index (χ3v) is 3.24. The van der Waals surface area contributed by atoms with Crippen LogP contribution in [-0.4, -0.2) is 25.4 Å². The molecular formula is C13H19NO3. The van der Waals surface area contributed by atoms with Gasteiger partial charge in [-0.3, -0.25) is 0 Å². The highest BCUT2D eigenvalue weighted by atomic mass is 16.5. The average molecular weight is 237 g/mol. The first-order valence-corrected chi connectivity index (χ1v) is 5.92. The molecule has 2 rings (SSSR count). The largest absolute Gasteiger partial charge is 0.502 e. The van der Waals surface area contributed by atoms with Crippen LogP contribution in [-0.2, 0) is 6.54 Å². The molecule has 0 radical (unpaired) electrons. The molecule has 4 nitrogen and oxygen atoms in total. The van der Waals surface area contributed by atoms with Crippen molar-refractivity contribution < 1.29 is 14.6 Å². The normalized spacial score (nSPS) is 15.4. The first kappa shape index (κ1) is 12.0. The number of hydrogen-bond acceptors (Lipinski definition) is 4. The summed E-state index contributed by atoms with van der Waals surface area (Å²) in [6.45, 7) is 0.775. The number of ether oxygens (including phenoxy) is 2. The average Bonchev–Trinajstić information content (AvgIpc) is 2.28. The van der Waals surface area contributed by atoms with Crippen molar-refractivity contribution >= 4 is 0 Å². The van der Waals surface area contributed by atoms with Crippen LogP contribution in [0, 0.1) is 0 Å². The van der Waals surface area contributed by atoms with E-state index in [1.54, 1.807) is 0 Å². The molecule has 0 atom stereocenters. The maximum Gasteiger partial charge on any atom is 0.200 e. The standard InChI is InChI=1S/C13H19NO3/c1-16-11-6-9(7-12(17-2)13(11)15)8-14-10-4-3-5-10/h6-7,10,14-15H,3-5,8H2,1-2H3. The Balaban J connectivity index is 2.09. The predicted molar refractivity (Wildman–Crippen MR) is 65.7 cm³/mol. The van der Waals surface area contributed by atoms with Crippen molar-refractivity contribution in [2.24, 2.45) is 0 Å². The van der Waals surface area contributed by atoms with Crippen molar-refractivity contribution in [2.45, 2.75) is 31.8 Å². The van der Waals surface area contributed by atoms with Crippen LogP contribution in [0.25, 0.3) is 0 Å². The molecule has 94 valence electrons. The summed E-state index contributed by atoms with van der Waals surface area (Å²) in [5.74, 6) is 0.965. The highest BCUT2D eigenvalue weighted by Gasteiger charge is 2.17. The van der Waals surface area contributed by atoms with E-state index in [2.05, 4.69) is 5.32 Å². The number of rotatable bonds is 5. The Labute approximate surface area is 102 Å². The molecule has 1 aromatic carbocycles. The van der Waals surface area contributed by atoms with E-state index < -0.39 is 0 Å². The number of phenols is 1. The van der Waals surface area contributed by atoms with Gasteiger partial charge in [-0.05, 0) is 30.5 Å². The Kier molecular flexibility index (Phi) is 3.74. The SMILES string of the molecule is COc1cc(CNC2CCC2)cc(OC)c1O. The highest BCUT2D eigenvalue weighted by molar-refractivity contribution is 5.52. The Morgan fingerprint density at radius 1 is 1.24 bits per heavy atom. The summed E-state index contributed by atoms with van der Waals surface area (Å²) >= 11 is 0. The molecule has 0 aliphatic heterocycles. The third kappa shape index (κ3) is 2.64. The van der Waals surface area contributed by atoms with Crippen LogP contribution in [0.5, 0.6) is 17.2 Å². The summed E-state index contributed by atoms with van der Waals surface area (Å²) in [7, 11) is 3.08. The van der Waals surface area contributed by atoms with Gasteiger partial charge >= 0.3 is 0 Å². The zero-order valence-corrected chi connectivity index (χ0v) is 10.3. The van der Waals surface area contributed by atoms with Gasteiger partial charge in [0, 0.05) is 12.6 Å². The van der Waals surface area contributed by atoms with E-state index >= 15 is 0 Å². The maximum absolute atomic E-state index is 9.78. The van der Waals surface area contributed by atoms with E-state index in [9.17, 15) is 5.11 Å². The second-order valence-electron chi connectivity index (χ2n) is 4.36. The molecule has 4 heteroatoms. The summed E-state index contributed by atoms with van der Waals surface area (Å²) in [4.78, 5) is 0. The van der Waals surface area contributed by atoms with Gasteiger partial charge in [0.05, 0.1) is 14.2 Å². The van der Waals surface area contributed by atoms with Gasteiger partial charge < -0.3 is 19.9 Å². The molecule has 0 amide bonds. The number of benzene rings is 1. The topological polar surface area (TPSA) is 50.7 Å². The molecule has 1 aliphatic rings.